The van der Waals surface area contributed by atoms with Crippen molar-refractivity contribution in [1.82, 2.24) is 4.90 Å². The number of ether oxygens (including phenoxy) is 1. The van der Waals surface area contributed by atoms with Crippen molar-refractivity contribution in [1.29, 1.82) is 0 Å². The lowest BCUT2D eigenvalue weighted by Crippen LogP contribution is -2.34. The highest BCUT2D eigenvalue weighted by Gasteiger charge is 2.17. The van der Waals surface area contributed by atoms with Gasteiger partial charge in [0.15, 0.2) is 0 Å². The van der Waals surface area contributed by atoms with Crippen LogP contribution in [-0.4, -0.2) is 42.4 Å². The van der Waals surface area contributed by atoms with E-state index in [1.807, 2.05) is 6.92 Å². The van der Waals surface area contributed by atoms with Gasteiger partial charge in [0.25, 0.3) is 5.91 Å². The minimum Gasteiger partial charge on any atom is -0.466 e. The van der Waals surface area contributed by atoms with E-state index in [-0.39, 0.29) is 24.2 Å². The van der Waals surface area contributed by atoms with Crippen LogP contribution in [0.2, 0.25) is 0 Å². The van der Waals surface area contributed by atoms with Crippen LogP contribution in [0.1, 0.15) is 50.4 Å². The van der Waals surface area contributed by atoms with Crippen LogP contribution in [0.5, 0.6) is 0 Å². The lowest BCUT2D eigenvalue weighted by atomic mass is 10.1. The summed E-state index contributed by atoms with van der Waals surface area (Å²) in [6.07, 6.45) is 1.99. The maximum Gasteiger partial charge on any atom is 0.307 e. The molecular formula is C18H26N2O4. The minimum atomic E-state index is -0.307. The molecule has 0 saturated heterocycles. The van der Waals surface area contributed by atoms with Gasteiger partial charge in [-0.15, -0.1) is 0 Å². The van der Waals surface area contributed by atoms with E-state index in [1.54, 1.807) is 36.1 Å². The smallest absolute Gasteiger partial charge is 0.307 e. The number of nitrogens with one attached hydrogen (secondary N) is 1. The van der Waals surface area contributed by atoms with E-state index in [9.17, 15) is 14.4 Å². The van der Waals surface area contributed by atoms with E-state index in [0.717, 1.165) is 12.8 Å². The van der Waals surface area contributed by atoms with Crippen molar-refractivity contribution in [2.45, 2.75) is 40.0 Å². The van der Waals surface area contributed by atoms with E-state index in [2.05, 4.69) is 5.32 Å². The average molecular weight is 334 g/mol. The summed E-state index contributed by atoms with van der Waals surface area (Å²) >= 11 is 0. The molecule has 2 amide bonds. The molecule has 0 aliphatic heterocycles. The Bertz CT molecular complexity index is 572. The SMILES string of the molecule is CCCCN(CCC(=O)OCC)C(=O)c1cccc(NC(C)=O)c1. The molecule has 0 bridgehead atoms. The summed E-state index contributed by atoms with van der Waals surface area (Å²) in [5.41, 5.74) is 1.07. The molecule has 0 spiro atoms. The normalized spacial score (nSPS) is 10.1. The summed E-state index contributed by atoms with van der Waals surface area (Å²) in [7, 11) is 0. The van der Waals surface area contributed by atoms with Gasteiger partial charge in [0.1, 0.15) is 0 Å². The van der Waals surface area contributed by atoms with E-state index in [4.69, 9.17) is 4.74 Å². The first-order valence-corrected chi connectivity index (χ1v) is 8.30. The van der Waals surface area contributed by atoms with E-state index in [0.29, 0.717) is 30.9 Å². The minimum absolute atomic E-state index is 0.153. The number of hydrogen-bond acceptors (Lipinski definition) is 4. The van der Waals surface area contributed by atoms with Crippen LogP contribution >= 0.6 is 0 Å². The topological polar surface area (TPSA) is 75.7 Å². The van der Waals surface area contributed by atoms with Crippen molar-refractivity contribution in [3.8, 4) is 0 Å². The molecule has 0 aliphatic carbocycles. The zero-order valence-corrected chi connectivity index (χ0v) is 14.6. The van der Waals surface area contributed by atoms with Crippen molar-refractivity contribution in [2.24, 2.45) is 0 Å². The van der Waals surface area contributed by atoms with Gasteiger partial charge in [0.05, 0.1) is 13.0 Å². The Hall–Kier alpha value is -2.37. The second-order valence-corrected chi connectivity index (χ2v) is 5.46. The molecule has 1 N–H and O–H groups in total. The first-order chi connectivity index (χ1) is 11.5. The molecule has 0 unspecified atom stereocenters. The molecule has 0 aliphatic rings. The second-order valence-electron chi connectivity index (χ2n) is 5.46. The molecular weight excluding hydrogens is 308 g/mol. The van der Waals surface area contributed by atoms with Gasteiger partial charge >= 0.3 is 5.97 Å². The number of hydrogen-bond donors (Lipinski definition) is 1. The van der Waals surface area contributed by atoms with Gasteiger partial charge in [-0.1, -0.05) is 19.4 Å². The molecule has 1 aromatic carbocycles. The number of carbonyl (C=O) groups is 3. The standard InChI is InChI=1S/C18H26N2O4/c1-4-6-11-20(12-10-17(22)24-5-2)18(23)15-8-7-9-16(13-15)19-14(3)21/h7-9,13H,4-6,10-12H2,1-3H3,(H,19,21). The first kappa shape index (κ1) is 19.7. The maximum atomic E-state index is 12.7. The summed E-state index contributed by atoms with van der Waals surface area (Å²) < 4.78 is 4.92. The summed E-state index contributed by atoms with van der Waals surface area (Å²) in [6, 6.07) is 6.80. The first-order valence-electron chi connectivity index (χ1n) is 8.30. The van der Waals surface area contributed by atoms with Crippen molar-refractivity contribution in [3.05, 3.63) is 29.8 Å². The lowest BCUT2D eigenvalue weighted by Gasteiger charge is -2.22. The molecule has 24 heavy (non-hydrogen) atoms. The highest BCUT2D eigenvalue weighted by atomic mass is 16.5. The number of anilines is 1. The third kappa shape index (κ3) is 6.81. The van der Waals surface area contributed by atoms with Gasteiger partial charge in [-0.3, -0.25) is 14.4 Å². The van der Waals surface area contributed by atoms with Gasteiger partial charge in [-0.2, -0.15) is 0 Å². The van der Waals surface area contributed by atoms with E-state index in [1.165, 1.54) is 6.92 Å². The van der Waals surface area contributed by atoms with Crippen LogP contribution in [0, 0.1) is 0 Å². The van der Waals surface area contributed by atoms with Crippen molar-refractivity contribution in [3.63, 3.8) is 0 Å². The summed E-state index contributed by atoms with van der Waals surface area (Å²) in [5, 5.41) is 2.67. The Labute approximate surface area is 143 Å². The molecule has 1 aromatic rings. The van der Waals surface area contributed by atoms with Crippen LogP contribution in [0.25, 0.3) is 0 Å². The number of esters is 1. The molecule has 1 rings (SSSR count). The Morgan fingerprint density at radius 3 is 2.54 bits per heavy atom. The van der Waals surface area contributed by atoms with Crippen LogP contribution < -0.4 is 5.32 Å². The number of rotatable bonds is 9. The molecule has 0 aromatic heterocycles. The molecule has 0 saturated carbocycles. The Morgan fingerprint density at radius 1 is 1.17 bits per heavy atom. The largest absolute Gasteiger partial charge is 0.466 e. The Balaban J connectivity index is 2.82. The zero-order valence-electron chi connectivity index (χ0n) is 14.6. The molecule has 0 heterocycles. The van der Waals surface area contributed by atoms with Crippen LogP contribution in [0.4, 0.5) is 5.69 Å². The van der Waals surface area contributed by atoms with Gasteiger partial charge in [0, 0.05) is 31.3 Å². The Morgan fingerprint density at radius 2 is 1.92 bits per heavy atom. The third-order valence-electron chi connectivity index (χ3n) is 3.39. The van der Waals surface area contributed by atoms with Gasteiger partial charge in [0.2, 0.25) is 5.91 Å². The highest BCUT2D eigenvalue weighted by Crippen LogP contribution is 2.14. The predicted octanol–water partition coefficient (Wildman–Crippen LogP) is 2.84. The molecule has 0 fully saturated rings. The fourth-order valence-corrected chi connectivity index (χ4v) is 2.24. The lowest BCUT2D eigenvalue weighted by molar-refractivity contribution is -0.143. The van der Waals surface area contributed by atoms with Crippen molar-refractivity contribution in [2.75, 3.05) is 25.0 Å². The van der Waals surface area contributed by atoms with Crippen molar-refractivity contribution >= 4 is 23.5 Å². The predicted molar refractivity (Wildman–Crippen MR) is 92.8 cm³/mol. The zero-order chi connectivity index (χ0) is 17.9. The molecule has 0 radical (unpaired) electrons. The second kappa shape index (κ2) is 10.4. The number of amides is 2. The van der Waals surface area contributed by atoms with E-state index < -0.39 is 0 Å². The quantitative estimate of drug-likeness (QED) is 0.705. The van der Waals surface area contributed by atoms with Crippen LogP contribution in [0.3, 0.4) is 0 Å². The third-order valence-corrected chi connectivity index (χ3v) is 3.39. The molecule has 0 atom stereocenters. The maximum absolute atomic E-state index is 12.7. The fourth-order valence-electron chi connectivity index (χ4n) is 2.24. The molecule has 6 nitrogen and oxygen atoms in total. The fraction of sp³-hybridized carbons (Fsp3) is 0.500. The number of carbonyl (C=O) groups excluding carboxylic acids is 3. The van der Waals surface area contributed by atoms with Crippen molar-refractivity contribution < 1.29 is 19.1 Å². The summed E-state index contributed by atoms with van der Waals surface area (Å²) in [4.78, 5) is 37.1. The molecule has 6 heteroatoms. The van der Waals surface area contributed by atoms with E-state index >= 15 is 0 Å². The van der Waals surface area contributed by atoms with Gasteiger partial charge in [-0.05, 0) is 31.5 Å². The highest BCUT2D eigenvalue weighted by molar-refractivity contribution is 5.97. The number of benzene rings is 1. The van der Waals surface area contributed by atoms with Gasteiger partial charge < -0.3 is 15.0 Å². The van der Waals surface area contributed by atoms with Crippen LogP contribution in [-0.2, 0) is 14.3 Å². The summed E-state index contributed by atoms with van der Waals surface area (Å²) in [6.45, 7) is 6.46. The summed E-state index contributed by atoms with van der Waals surface area (Å²) in [5.74, 6) is -0.650. The molecule has 132 valence electrons. The van der Waals surface area contributed by atoms with Crippen LogP contribution in [0.15, 0.2) is 24.3 Å². The number of unbranched alkanes of at least 4 members (excludes halogenated alkanes) is 1. The monoisotopic (exact) mass is 334 g/mol. The Kier molecular flexibility index (Phi) is 8.54. The van der Waals surface area contributed by atoms with Gasteiger partial charge in [-0.25, -0.2) is 0 Å². The number of nitrogens with zero attached hydrogens (tertiary/aromatic N) is 1. The average Bonchev–Trinajstić information content (AvgIpc) is 2.54.